The van der Waals surface area contributed by atoms with Gasteiger partial charge in [-0.25, -0.2) is 0 Å². The molecule has 132 valence electrons. The molecule has 1 aliphatic heterocycles. The number of amides is 1. The van der Waals surface area contributed by atoms with Crippen molar-refractivity contribution in [2.75, 3.05) is 36.8 Å². The zero-order valence-corrected chi connectivity index (χ0v) is 14.6. The van der Waals surface area contributed by atoms with Crippen LogP contribution in [0.5, 0.6) is 0 Å². The van der Waals surface area contributed by atoms with Crippen LogP contribution in [0.25, 0.3) is 0 Å². The van der Waals surface area contributed by atoms with E-state index in [1.165, 1.54) is 25.9 Å². The normalized spacial score (nSPS) is 15.7. The quantitative estimate of drug-likeness (QED) is 0.847. The van der Waals surface area contributed by atoms with Crippen LogP contribution >= 0.6 is 0 Å². The second-order valence-electron chi connectivity index (χ2n) is 6.57. The van der Waals surface area contributed by atoms with Crippen molar-refractivity contribution in [1.82, 2.24) is 15.1 Å². The van der Waals surface area contributed by atoms with Gasteiger partial charge in [-0.2, -0.15) is 0 Å². The Morgan fingerprint density at radius 3 is 2.56 bits per heavy atom. The Balaban J connectivity index is 1.44. The van der Waals surface area contributed by atoms with Crippen molar-refractivity contribution < 1.29 is 4.79 Å². The van der Waals surface area contributed by atoms with E-state index in [4.69, 9.17) is 0 Å². The summed E-state index contributed by atoms with van der Waals surface area (Å²) in [7, 11) is 0. The molecule has 6 nitrogen and oxygen atoms in total. The minimum Gasteiger partial charge on any atom is -0.367 e. The van der Waals surface area contributed by atoms with E-state index >= 15 is 0 Å². The second kappa shape index (κ2) is 8.58. The molecule has 1 aromatic heterocycles. The molecule has 25 heavy (non-hydrogen) atoms. The molecular weight excluding hydrogens is 314 g/mol. The first-order chi connectivity index (χ1) is 12.2. The van der Waals surface area contributed by atoms with Crippen LogP contribution in [0.4, 0.5) is 11.5 Å². The van der Waals surface area contributed by atoms with Gasteiger partial charge in [0.2, 0.25) is 0 Å². The lowest BCUT2D eigenvalue weighted by Gasteiger charge is -2.30. The molecule has 0 spiro atoms. The van der Waals surface area contributed by atoms with Crippen LogP contribution in [-0.2, 0) is 0 Å². The van der Waals surface area contributed by atoms with Gasteiger partial charge in [0.25, 0.3) is 5.91 Å². The first kappa shape index (κ1) is 17.4. The summed E-state index contributed by atoms with van der Waals surface area (Å²) in [5.74, 6) is 1.29. The van der Waals surface area contributed by atoms with Crippen molar-refractivity contribution >= 4 is 17.4 Å². The highest BCUT2D eigenvalue weighted by molar-refractivity contribution is 6.02. The van der Waals surface area contributed by atoms with Crippen LogP contribution < -0.4 is 10.6 Å². The van der Waals surface area contributed by atoms with E-state index in [0.29, 0.717) is 11.5 Å². The van der Waals surface area contributed by atoms with Crippen molar-refractivity contribution in [1.29, 1.82) is 0 Å². The highest BCUT2D eigenvalue weighted by atomic mass is 16.1. The van der Waals surface area contributed by atoms with Crippen molar-refractivity contribution in [3.8, 4) is 0 Å². The van der Waals surface area contributed by atoms with Gasteiger partial charge in [0.15, 0.2) is 5.69 Å². The summed E-state index contributed by atoms with van der Waals surface area (Å²) in [5.41, 5.74) is 1.05. The molecule has 0 atom stereocenters. The summed E-state index contributed by atoms with van der Waals surface area (Å²) in [6, 6.07) is 12.8. The molecule has 0 radical (unpaired) electrons. The summed E-state index contributed by atoms with van der Waals surface area (Å²) in [6.07, 6.45) is 2.57. The number of nitrogens with one attached hydrogen (secondary N) is 2. The minimum absolute atomic E-state index is 0.257. The molecule has 2 N–H and O–H groups in total. The highest BCUT2D eigenvalue weighted by Gasteiger charge is 2.15. The van der Waals surface area contributed by atoms with Gasteiger partial charge in [-0.15, -0.1) is 10.2 Å². The van der Waals surface area contributed by atoms with E-state index in [2.05, 4.69) is 32.7 Å². The highest BCUT2D eigenvalue weighted by Crippen LogP contribution is 2.15. The van der Waals surface area contributed by atoms with Crippen LogP contribution in [-0.4, -0.2) is 47.2 Å². The third kappa shape index (κ3) is 5.26. The van der Waals surface area contributed by atoms with E-state index in [1.54, 1.807) is 12.1 Å². The van der Waals surface area contributed by atoms with Gasteiger partial charge in [0.1, 0.15) is 5.82 Å². The van der Waals surface area contributed by atoms with Gasteiger partial charge in [0, 0.05) is 18.8 Å². The fourth-order valence-electron chi connectivity index (χ4n) is 2.89. The number of benzene rings is 1. The Labute approximate surface area is 148 Å². The van der Waals surface area contributed by atoms with Crippen molar-refractivity contribution in [2.24, 2.45) is 5.92 Å². The second-order valence-corrected chi connectivity index (χ2v) is 6.57. The van der Waals surface area contributed by atoms with Crippen LogP contribution in [0.15, 0.2) is 42.5 Å². The summed E-state index contributed by atoms with van der Waals surface area (Å²) in [5, 5.41) is 14.2. The largest absolute Gasteiger partial charge is 0.367 e. The smallest absolute Gasteiger partial charge is 0.276 e. The molecule has 1 saturated heterocycles. The lowest BCUT2D eigenvalue weighted by Crippen LogP contribution is -2.36. The number of rotatable bonds is 6. The lowest BCUT2D eigenvalue weighted by atomic mass is 9.99. The molecule has 1 amide bonds. The molecule has 2 heterocycles. The van der Waals surface area contributed by atoms with Gasteiger partial charge in [0.05, 0.1) is 0 Å². The fourth-order valence-corrected chi connectivity index (χ4v) is 2.89. The molecule has 0 unspecified atom stereocenters. The molecule has 2 aromatic rings. The summed E-state index contributed by atoms with van der Waals surface area (Å²) >= 11 is 0. The number of anilines is 2. The van der Waals surface area contributed by atoms with Gasteiger partial charge < -0.3 is 15.5 Å². The SMILES string of the molecule is CC1CCN(CCNc2ccc(C(=O)Nc3ccccc3)nn2)CC1. The van der Waals surface area contributed by atoms with Crippen molar-refractivity contribution in [3.05, 3.63) is 48.2 Å². The van der Waals surface area contributed by atoms with Gasteiger partial charge in [-0.05, 0) is 56.1 Å². The van der Waals surface area contributed by atoms with Crippen molar-refractivity contribution in [2.45, 2.75) is 19.8 Å². The van der Waals surface area contributed by atoms with E-state index in [0.717, 1.165) is 24.7 Å². The zero-order chi connectivity index (χ0) is 17.5. The van der Waals surface area contributed by atoms with E-state index in [-0.39, 0.29) is 5.91 Å². The monoisotopic (exact) mass is 339 g/mol. The Bertz CT molecular complexity index is 666. The number of hydrogen-bond donors (Lipinski definition) is 2. The average Bonchev–Trinajstić information content (AvgIpc) is 2.65. The molecule has 1 fully saturated rings. The summed E-state index contributed by atoms with van der Waals surface area (Å²) in [4.78, 5) is 14.6. The Morgan fingerprint density at radius 1 is 1.12 bits per heavy atom. The number of likely N-dealkylation sites (tertiary alicyclic amines) is 1. The lowest BCUT2D eigenvalue weighted by molar-refractivity contribution is 0.102. The predicted molar refractivity (Wildman–Crippen MR) is 99.8 cm³/mol. The molecular formula is C19H25N5O. The summed E-state index contributed by atoms with van der Waals surface area (Å²) in [6.45, 7) is 6.50. The van der Waals surface area contributed by atoms with Gasteiger partial charge in [-0.3, -0.25) is 4.79 Å². The van der Waals surface area contributed by atoms with Crippen LogP contribution in [0.2, 0.25) is 0 Å². The van der Waals surface area contributed by atoms with Gasteiger partial charge >= 0.3 is 0 Å². The molecule has 3 rings (SSSR count). The van der Waals surface area contributed by atoms with E-state index < -0.39 is 0 Å². The van der Waals surface area contributed by atoms with Crippen LogP contribution in [0.1, 0.15) is 30.3 Å². The maximum absolute atomic E-state index is 12.1. The van der Waals surface area contributed by atoms with E-state index in [1.807, 2.05) is 30.3 Å². The Morgan fingerprint density at radius 2 is 1.88 bits per heavy atom. The third-order valence-electron chi connectivity index (χ3n) is 4.54. The molecule has 6 heteroatoms. The standard InChI is InChI=1S/C19H25N5O/c1-15-9-12-24(13-10-15)14-11-20-18-8-7-17(22-23-18)19(25)21-16-5-3-2-4-6-16/h2-8,15H,9-14H2,1H3,(H,20,23)(H,21,25). The van der Waals surface area contributed by atoms with Gasteiger partial charge in [-0.1, -0.05) is 25.1 Å². The average molecular weight is 339 g/mol. The zero-order valence-electron chi connectivity index (χ0n) is 14.6. The number of hydrogen-bond acceptors (Lipinski definition) is 5. The molecule has 1 aliphatic rings. The van der Waals surface area contributed by atoms with Crippen LogP contribution in [0.3, 0.4) is 0 Å². The maximum atomic E-state index is 12.1. The molecule has 1 aromatic carbocycles. The van der Waals surface area contributed by atoms with Crippen LogP contribution in [0, 0.1) is 5.92 Å². The van der Waals surface area contributed by atoms with E-state index in [9.17, 15) is 4.79 Å². The van der Waals surface area contributed by atoms with Crippen molar-refractivity contribution in [3.63, 3.8) is 0 Å². The number of aromatic nitrogens is 2. The number of nitrogens with zero attached hydrogens (tertiary/aromatic N) is 3. The molecule has 0 aliphatic carbocycles. The Hall–Kier alpha value is -2.47. The predicted octanol–water partition coefficient (Wildman–Crippen LogP) is 2.87. The third-order valence-corrected chi connectivity index (χ3v) is 4.54. The Kier molecular flexibility index (Phi) is 5.95. The first-order valence-corrected chi connectivity index (χ1v) is 8.87. The maximum Gasteiger partial charge on any atom is 0.276 e. The summed E-state index contributed by atoms with van der Waals surface area (Å²) < 4.78 is 0. The topological polar surface area (TPSA) is 70.2 Å². The molecule has 0 bridgehead atoms. The fraction of sp³-hybridized carbons (Fsp3) is 0.421. The number of carbonyl (C=O) groups is 1. The molecule has 0 saturated carbocycles. The first-order valence-electron chi connectivity index (χ1n) is 8.87. The number of carbonyl (C=O) groups excluding carboxylic acids is 1. The number of para-hydroxylation sites is 1. The number of piperidine rings is 1. The minimum atomic E-state index is -0.257.